The molecule has 276 valence electrons. The minimum Gasteiger partial charge on any atom is -0.377 e. The van der Waals surface area contributed by atoms with Crippen LogP contribution >= 0.6 is 23.2 Å². The largest absolute Gasteiger partial charge is 0.377 e. The maximum atomic E-state index is 13.2. The molecule has 4 amide bonds. The van der Waals surface area contributed by atoms with Gasteiger partial charge in [-0.3, -0.25) is 24.2 Å². The number of carbonyl (C=O) groups is 4. The van der Waals surface area contributed by atoms with Crippen molar-refractivity contribution in [1.82, 2.24) is 24.3 Å². The summed E-state index contributed by atoms with van der Waals surface area (Å²) in [5, 5.41) is 14.2. The van der Waals surface area contributed by atoms with Gasteiger partial charge in [-0.25, -0.2) is 0 Å². The third kappa shape index (κ3) is 10.5. The van der Waals surface area contributed by atoms with Gasteiger partial charge < -0.3 is 45.2 Å². The van der Waals surface area contributed by atoms with Gasteiger partial charge in [0, 0.05) is 103 Å². The van der Waals surface area contributed by atoms with Crippen LogP contribution < -0.4 is 31.5 Å². The Morgan fingerprint density at radius 3 is 1.69 bits per heavy atom. The van der Waals surface area contributed by atoms with E-state index >= 15 is 0 Å². The van der Waals surface area contributed by atoms with Gasteiger partial charge >= 0.3 is 0 Å². The fourth-order valence-electron chi connectivity index (χ4n) is 5.43. The first-order valence-corrected chi connectivity index (χ1v) is 17.5. The van der Waals surface area contributed by atoms with Crippen molar-refractivity contribution in [3.8, 4) is 0 Å². The molecule has 0 atom stereocenters. The normalized spacial score (nSPS) is 11.4. The van der Waals surface area contributed by atoms with Crippen LogP contribution in [0.3, 0.4) is 0 Å². The summed E-state index contributed by atoms with van der Waals surface area (Å²) in [5.74, 6) is 0.251. The van der Waals surface area contributed by atoms with Gasteiger partial charge in [0.25, 0.3) is 17.7 Å². The van der Waals surface area contributed by atoms with Crippen LogP contribution in [0.25, 0.3) is 6.08 Å². The van der Waals surface area contributed by atoms with Crippen LogP contribution in [0.4, 0.5) is 22.7 Å². The van der Waals surface area contributed by atoms with Crippen LogP contribution in [0, 0.1) is 0 Å². The molecule has 0 aliphatic carbocycles. The van der Waals surface area contributed by atoms with Gasteiger partial charge in [-0.1, -0.05) is 12.1 Å². The van der Waals surface area contributed by atoms with Gasteiger partial charge in [-0.2, -0.15) is 0 Å². The minimum absolute atomic E-state index is 0.283. The highest BCUT2D eigenvalue weighted by molar-refractivity contribution is 6.18. The van der Waals surface area contributed by atoms with Crippen LogP contribution in [-0.2, 0) is 25.9 Å². The lowest BCUT2D eigenvalue weighted by molar-refractivity contribution is -0.111. The molecule has 5 N–H and O–H groups in total. The summed E-state index contributed by atoms with van der Waals surface area (Å²) in [4.78, 5) is 57.9. The van der Waals surface area contributed by atoms with Gasteiger partial charge in [-0.15, -0.1) is 23.2 Å². The highest BCUT2D eigenvalue weighted by Crippen LogP contribution is 2.20. The molecule has 52 heavy (non-hydrogen) atoms. The highest BCUT2D eigenvalue weighted by Gasteiger charge is 2.19. The first-order valence-electron chi connectivity index (χ1n) is 16.5. The Bertz CT molecular complexity index is 1940. The molecule has 3 heterocycles. The lowest BCUT2D eigenvalue weighted by Gasteiger charge is -2.22. The van der Waals surface area contributed by atoms with Gasteiger partial charge in [0.1, 0.15) is 17.1 Å². The zero-order valence-corrected chi connectivity index (χ0v) is 31.3. The first-order chi connectivity index (χ1) is 25.0. The maximum absolute atomic E-state index is 13.2. The van der Waals surface area contributed by atoms with E-state index in [0.717, 1.165) is 17.1 Å². The highest BCUT2D eigenvalue weighted by atomic mass is 35.5. The molecule has 0 aliphatic rings. The molecule has 4 rings (SSSR count). The molecule has 0 bridgehead atoms. The number of aliphatic imine (C=N–C) groups is 1. The van der Waals surface area contributed by atoms with Gasteiger partial charge in [0.15, 0.2) is 0 Å². The fourth-order valence-corrected chi connectivity index (χ4v) is 5.83. The SMILES string of the molecule is CN=C(CCNC(=O)c1cc(NC(=O)c2cc(NC(=O)c3cc(NC(=O)/C=C/c4ccc(N(CCCl)CCCl)cc4)cn3C)cn2C)cn1C)NC. The van der Waals surface area contributed by atoms with E-state index in [4.69, 9.17) is 23.2 Å². The standard InChI is InChI=1S/C36H44Cl2N10O4/c1-39-32(40-2)12-15-41-34(50)29-19-26(22-45(29)3)43-36(52)31-20-27(23-47(31)5)44-35(51)30-18-25(21-46(30)4)42-33(49)11-8-24-6-9-28(10-7-24)48(16-13-37)17-14-38/h6-11,18-23H,12-17H2,1-5H3,(H,39,40)(H,41,50)(H,42,49)(H,43,52)(H,44,51)/b11-8+. The van der Waals surface area contributed by atoms with Crippen molar-refractivity contribution in [1.29, 1.82) is 0 Å². The summed E-state index contributed by atoms with van der Waals surface area (Å²) in [5.41, 5.74) is 4.07. The molecule has 1 aromatic carbocycles. The number of amides is 4. The number of anilines is 4. The van der Waals surface area contributed by atoms with E-state index in [1.165, 1.54) is 6.08 Å². The molecule has 0 unspecified atom stereocenters. The van der Waals surface area contributed by atoms with E-state index < -0.39 is 11.8 Å². The van der Waals surface area contributed by atoms with E-state index in [9.17, 15) is 19.2 Å². The molecular weight excluding hydrogens is 707 g/mol. The second-order valence-electron chi connectivity index (χ2n) is 11.8. The van der Waals surface area contributed by atoms with Crippen molar-refractivity contribution in [2.45, 2.75) is 6.42 Å². The van der Waals surface area contributed by atoms with Gasteiger partial charge in [0.2, 0.25) is 5.91 Å². The molecule has 3 aromatic heterocycles. The second-order valence-corrected chi connectivity index (χ2v) is 12.5. The van der Waals surface area contributed by atoms with Gasteiger partial charge in [0.05, 0.1) is 22.9 Å². The van der Waals surface area contributed by atoms with E-state index in [1.54, 1.807) is 91.8 Å². The fraction of sp³-hybridized carbons (Fsp3) is 0.306. The molecular formula is C36H44Cl2N10O4. The number of halogens is 2. The van der Waals surface area contributed by atoms with E-state index in [1.807, 2.05) is 24.3 Å². The van der Waals surface area contributed by atoms with Crippen molar-refractivity contribution in [3.05, 3.63) is 89.8 Å². The maximum Gasteiger partial charge on any atom is 0.272 e. The number of alkyl halides is 2. The number of hydrogen-bond donors (Lipinski definition) is 5. The summed E-state index contributed by atoms with van der Waals surface area (Å²) in [7, 11) is 8.54. The predicted octanol–water partition coefficient (Wildman–Crippen LogP) is 4.51. The van der Waals surface area contributed by atoms with Crippen molar-refractivity contribution >= 4 is 81.5 Å². The molecule has 0 radical (unpaired) electrons. The molecule has 0 spiro atoms. The summed E-state index contributed by atoms with van der Waals surface area (Å²) >= 11 is 11.8. The van der Waals surface area contributed by atoms with Crippen molar-refractivity contribution in [2.75, 3.05) is 66.3 Å². The number of aryl methyl sites for hydroxylation is 3. The smallest absolute Gasteiger partial charge is 0.272 e. The Kier molecular flexibility index (Phi) is 14.1. The molecule has 0 fully saturated rings. The van der Waals surface area contributed by atoms with Crippen molar-refractivity contribution in [2.24, 2.45) is 26.1 Å². The van der Waals surface area contributed by atoms with Crippen LogP contribution in [0.2, 0.25) is 0 Å². The number of carbonyl (C=O) groups excluding carboxylic acids is 4. The monoisotopic (exact) mass is 750 g/mol. The molecule has 4 aromatic rings. The van der Waals surface area contributed by atoms with E-state index in [2.05, 4.69) is 36.5 Å². The predicted molar refractivity (Wildman–Crippen MR) is 209 cm³/mol. The lowest BCUT2D eigenvalue weighted by Crippen LogP contribution is -2.30. The number of rotatable bonds is 16. The van der Waals surface area contributed by atoms with Gasteiger partial charge in [-0.05, 0) is 42.0 Å². The molecule has 0 saturated heterocycles. The number of nitrogens with zero attached hydrogens (tertiary/aromatic N) is 5. The average Bonchev–Trinajstić information content (AvgIpc) is 3.80. The van der Waals surface area contributed by atoms with E-state index in [0.29, 0.717) is 66.3 Å². The van der Waals surface area contributed by atoms with Crippen LogP contribution in [0.1, 0.15) is 43.4 Å². The zero-order valence-electron chi connectivity index (χ0n) is 29.8. The molecule has 0 saturated carbocycles. The van der Waals surface area contributed by atoms with Crippen molar-refractivity contribution < 1.29 is 19.2 Å². The number of nitrogens with one attached hydrogen (secondary N) is 5. The van der Waals surface area contributed by atoms with E-state index in [-0.39, 0.29) is 17.5 Å². The summed E-state index contributed by atoms with van der Waals surface area (Å²) < 4.78 is 4.81. The lowest BCUT2D eigenvalue weighted by atomic mass is 10.2. The zero-order chi connectivity index (χ0) is 37.8. The first kappa shape index (κ1) is 39.3. The Morgan fingerprint density at radius 2 is 1.23 bits per heavy atom. The van der Waals surface area contributed by atoms with Crippen LogP contribution in [0.5, 0.6) is 0 Å². The number of aromatic nitrogens is 3. The topological polar surface area (TPSA) is 159 Å². The minimum atomic E-state index is -0.431. The molecule has 14 nitrogen and oxygen atoms in total. The summed E-state index contributed by atoms with van der Waals surface area (Å²) in [6, 6.07) is 12.4. The molecule has 0 aliphatic heterocycles. The second kappa shape index (κ2) is 18.7. The van der Waals surface area contributed by atoms with Crippen LogP contribution in [-0.4, -0.2) is 88.7 Å². The van der Waals surface area contributed by atoms with Crippen LogP contribution in [0.15, 0.2) is 72.1 Å². The number of hydrogen-bond acceptors (Lipinski definition) is 6. The van der Waals surface area contributed by atoms with Crippen molar-refractivity contribution in [3.63, 3.8) is 0 Å². The number of amidine groups is 1. The summed E-state index contributed by atoms with van der Waals surface area (Å²) in [6.45, 7) is 1.76. The summed E-state index contributed by atoms with van der Waals surface area (Å²) in [6.07, 6.45) is 8.57. The Labute approximate surface area is 312 Å². The Balaban J connectivity index is 1.32. The third-order valence-electron chi connectivity index (χ3n) is 8.10. The molecule has 16 heteroatoms. The Morgan fingerprint density at radius 1 is 0.750 bits per heavy atom. The number of benzene rings is 1. The Hall–Kier alpha value is -5.47. The third-order valence-corrected chi connectivity index (χ3v) is 8.43. The average molecular weight is 752 g/mol. The quantitative estimate of drug-likeness (QED) is 0.0491.